The number of carbonyl (C=O) groups is 1. The first-order valence-corrected chi connectivity index (χ1v) is 12.5. The molecule has 174 valence electrons. The highest BCUT2D eigenvalue weighted by Crippen LogP contribution is 2.24. The predicted molar refractivity (Wildman–Crippen MR) is 133 cm³/mol. The van der Waals surface area contributed by atoms with Crippen molar-refractivity contribution in [1.82, 2.24) is 4.90 Å². The Labute approximate surface area is 194 Å². The van der Waals surface area contributed by atoms with Gasteiger partial charge in [-0.3, -0.25) is 4.79 Å². The van der Waals surface area contributed by atoms with Crippen molar-refractivity contribution in [2.75, 3.05) is 25.5 Å². The first-order valence-electron chi connectivity index (χ1n) is 12.5. The normalized spacial score (nSPS) is 14.2. The van der Waals surface area contributed by atoms with E-state index in [4.69, 9.17) is 4.74 Å². The van der Waals surface area contributed by atoms with Crippen LogP contribution in [0.1, 0.15) is 80.6 Å². The van der Waals surface area contributed by atoms with Gasteiger partial charge in [0.15, 0.2) is 0 Å². The van der Waals surface area contributed by atoms with E-state index < -0.39 is 0 Å². The number of unbranched alkanes of at least 4 members (excludes halogenated alkanes) is 3. The highest BCUT2D eigenvalue weighted by molar-refractivity contribution is 5.94. The number of nitrogens with one attached hydrogen (secondary N) is 1. The molecule has 1 aliphatic rings. The van der Waals surface area contributed by atoms with Crippen LogP contribution in [-0.4, -0.2) is 31.0 Å². The highest BCUT2D eigenvalue weighted by atomic mass is 16.5. The maximum absolute atomic E-state index is 12.8. The van der Waals surface area contributed by atoms with Crippen LogP contribution < -0.4 is 10.1 Å². The number of hydrogen-bond acceptors (Lipinski definition) is 3. The van der Waals surface area contributed by atoms with Gasteiger partial charge in [0.1, 0.15) is 5.75 Å². The fourth-order valence-electron chi connectivity index (χ4n) is 4.42. The summed E-state index contributed by atoms with van der Waals surface area (Å²) in [5.74, 6) is 1.72. The van der Waals surface area contributed by atoms with Crippen molar-refractivity contribution in [3.63, 3.8) is 0 Å². The van der Waals surface area contributed by atoms with Crippen molar-refractivity contribution >= 4 is 11.6 Å². The summed E-state index contributed by atoms with van der Waals surface area (Å²) in [5, 5.41) is 3.44. The molecule has 1 saturated carbocycles. The second-order valence-corrected chi connectivity index (χ2v) is 9.17. The smallest absolute Gasteiger partial charge is 0.253 e. The van der Waals surface area contributed by atoms with Gasteiger partial charge in [-0.15, -0.1) is 0 Å². The Morgan fingerprint density at radius 1 is 0.969 bits per heavy atom. The molecule has 0 spiro atoms. The largest absolute Gasteiger partial charge is 0.494 e. The molecule has 4 nitrogen and oxygen atoms in total. The monoisotopic (exact) mass is 436 g/mol. The Bertz CT molecular complexity index is 795. The molecule has 1 fully saturated rings. The summed E-state index contributed by atoms with van der Waals surface area (Å²) < 4.78 is 5.82. The topological polar surface area (TPSA) is 41.6 Å². The molecule has 0 unspecified atom stereocenters. The number of ether oxygens (including phenoxy) is 1. The van der Waals surface area contributed by atoms with Gasteiger partial charge in [-0.2, -0.15) is 0 Å². The predicted octanol–water partition coefficient (Wildman–Crippen LogP) is 6.91. The molecular formula is C28H40N2O2. The number of hydrogen-bond donors (Lipinski definition) is 1. The number of carbonyl (C=O) groups excluding carboxylic acids is 1. The molecule has 0 aliphatic heterocycles. The zero-order valence-corrected chi connectivity index (χ0v) is 19.9. The second-order valence-electron chi connectivity index (χ2n) is 9.17. The molecule has 0 atom stereocenters. The van der Waals surface area contributed by atoms with Gasteiger partial charge in [0, 0.05) is 31.4 Å². The van der Waals surface area contributed by atoms with Crippen LogP contribution in [-0.2, 0) is 6.54 Å². The van der Waals surface area contributed by atoms with Crippen molar-refractivity contribution in [2.45, 2.75) is 71.3 Å². The van der Waals surface area contributed by atoms with Gasteiger partial charge < -0.3 is 15.0 Å². The molecule has 4 heteroatoms. The molecule has 1 aliphatic carbocycles. The molecule has 0 bridgehead atoms. The van der Waals surface area contributed by atoms with Gasteiger partial charge in [-0.05, 0) is 67.1 Å². The molecule has 0 heterocycles. The van der Waals surface area contributed by atoms with Crippen LogP contribution in [0.2, 0.25) is 0 Å². The standard InChI is InChI=1S/C28H40N2O2/c1-3-4-5-9-20-32-27-18-12-23(13-19-27)21-29-26-16-14-25(15-17-26)28(31)30(2)22-24-10-7-6-8-11-24/h12-19,24,29H,3-11,20-22H2,1-2H3. The summed E-state index contributed by atoms with van der Waals surface area (Å²) in [6.07, 6.45) is 11.4. The van der Waals surface area contributed by atoms with E-state index in [0.717, 1.165) is 43.1 Å². The Morgan fingerprint density at radius 3 is 2.38 bits per heavy atom. The Kier molecular flexibility index (Phi) is 9.93. The summed E-state index contributed by atoms with van der Waals surface area (Å²) in [6.45, 7) is 4.63. The summed E-state index contributed by atoms with van der Waals surface area (Å²) in [7, 11) is 1.93. The zero-order valence-electron chi connectivity index (χ0n) is 19.9. The van der Waals surface area contributed by atoms with Crippen molar-refractivity contribution < 1.29 is 9.53 Å². The first kappa shape index (κ1) is 24.2. The summed E-state index contributed by atoms with van der Waals surface area (Å²) in [4.78, 5) is 14.7. The summed E-state index contributed by atoms with van der Waals surface area (Å²) in [5.41, 5.74) is 2.98. The third-order valence-corrected chi connectivity index (χ3v) is 6.42. The minimum absolute atomic E-state index is 0.118. The summed E-state index contributed by atoms with van der Waals surface area (Å²) in [6, 6.07) is 16.1. The van der Waals surface area contributed by atoms with Crippen molar-refractivity contribution in [1.29, 1.82) is 0 Å². The Hall–Kier alpha value is -2.49. The van der Waals surface area contributed by atoms with E-state index in [2.05, 4.69) is 24.4 Å². The third-order valence-electron chi connectivity index (χ3n) is 6.42. The van der Waals surface area contributed by atoms with Crippen LogP contribution in [0.25, 0.3) is 0 Å². The average molecular weight is 437 g/mol. The average Bonchev–Trinajstić information content (AvgIpc) is 2.84. The SMILES string of the molecule is CCCCCCOc1ccc(CNc2ccc(C(=O)N(C)CC3CCCCC3)cc2)cc1. The van der Waals surface area contributed by atoms with Gasteiger partial charge in [-0.25, -0.2) is 0 Å². The Balaban J connectivity index is 1.41. The minimum atomic E-state index is 0.118. The lowest BCUT2D eigenvalue weighted by Gasteiger charge is -2.27. The summed E-state index contributed by atoms with van der Waals surface area (Å²) >= 11 is 0. The molecule has 3 rings (SSSR count). The molecule has 0 aromatic heterocycles. The number of nitrogens with zero attached hydrogens (tertiary/aromatic N) is 1. The number of amides is 1. The zero-order chi connectivity index (χ0) is 22.6. The van der Waals surface area contributed by atoms with Crippen LogP contribution in [0, 0.1) is 5.92 Å². The van der Waals surface area contributed by atoms with E-state index in [9.17, 15) is 4.79 Å². The van der Waals surface area contributed by atoms with Crippen molar-refractivity contribution in [2.24, 2.45) is 5.92 Å². The molecule has 1 N–H and O–H groups in total. The van der Waals surface area contributed by atoms with E-state index in [0.29, 0.717) is 5.92 Å². The van der Waals surface area contributed by atoms with E-state index in [1.807, 2.05) is 48.3 Å². The number of benzene rings is 2. The number of anilines is 1. The highest BCUT2D eigenvalue weighted by Gasteiger charge is 2.19. The van der Waals surface area contributed by atoms with E-state index in [-0.39, 0.29) is 5.91 Å². The van der Waals surface area contributed by atoms with Crippen molar-refractivity contribution in [3.8, 4) is 5.75 Å². The van der Waals surface area contributed by atoms with Crippen LogP contribution in [0.4, 0.5) is 5.69 Å². The fourth-order valence-corrected chi connectivity index (χ4v) is 4.42. The maximum atomic E-state index is 12.8. The van der Waals surface area contributed by atoms with Crippen LogP contribution in [0.5, 0.6) is 5.75 Å². The minimum Gasteiger partial charge on any atom is -0.494 e. The fraction of sp³-hybridized carbons (Fsp3) is 0.536. The van der Waals surface area contributed by atoms with E-state index >= 15 is 0 Å². The van der Waals surface area contributed by atoms with Gasteiger partial charge in [0.2, 0.25) is 0 Å². The molecule has 32 heavy (non-hydrogen) atoms. The lowest BCUT2D eigenvalue weighted by Crippen LogP contribution is -2.32. The van der Waals surface area contributed by atoms with E-state index in [1.165, 1.54) is 56.9 Å². The van der Waals surface area contributed by atoms with Gasteiger partial charge >= 0.3 is 0 Å². The molecule has 0 saturated heterocycles. The van der Waals surface area contributed by atoms with Crippen LogP contribution >= 0.6 is 0 Å². The number of rotatable bonds is 12. The van der Waals surface area contributed by atoms with Gasteiger partial charge in [-0.1, -0.05) is 57.6 Å². The first-order chi connectivity index (χ1) is 15.7. The molecule has 2 aromatic rings. The molecule has 1 amide bonds. The second kappa shape index (κ2) is 13.1. The molecular weight excluding hydrogens is 396 g/mol. The molecule has 0 radical (unpaired) electrons. The lowest BCUT2D eigenvalue weighted by atomic mass is 9.89. The molecule has 2 aromatic carbocycles. The maximum Gasteiger partial charge on any atom is 0.253 e. The van der Waals surface area contributed by atoms with Crippen LogP contribution in [0.15, 0.2) is 48.5 Å². The Morgan fingerprint density at radius 2 is 1.69 bits per heavy atom. The third kappa shape index (κ3) is 7.89. The van der Waals surface area contributed by atoms with E-state index in [1.54, 1.807) is 0 Å². The lowest BCUT2D eigenvalue weighted by molar-refractivity contribution is 0.0760. The van der Waals surface area contributed by atoms with Gasteiger partial charge in [0.25, 0.3) is 5.91 Å². The van der Waals surface area contributed by atoms with Crippen molar-refractivity contribution in [3.05, 3.63) is 59.7 Å². The van der Waals surface area contributed by atoms with Crippen LogP contribution in [0.3, 0.4) is 0 Å². The van der Waals surface area contributed by atoms with Gasteiger partial charge in [0.05, 0.1) is 6.61 Å². The quantitative estimate of drug-likeness (QED) is 0.368.